The lowest BCUT2D eigenvalue weighted by molar-refractivity contribution is 0.598. The fraction of sp³-hybridized carbons (Fsp3) is 0.308. The Bertz CT molecular complexity index is 672. The lowest BCUT2D eigenvalue weighted by Gasteiger charge is -2.06. The summed E-state index contributed by atoms with van der Waals surface area (Å²) in [5.41, 5.74) is 2.96. The zero-order valence-electron chi connectivity index (χ0n) is 11.0. The maximum Gasteiger partial charge on any atom is 0.238 e. The van der Waals surface area contributed by atoms with E-state index in [1.807, 2.05) is 4.68 Å². The van der Waals surface area contributed by atoms with Gasteiger partial charge in [-0.2, -0.15) is 5.10 Å². The molecular formula is C13H17N3O2S. The number of nitrogens with zero attached hydrogens (tertiary/aromatic N) is 2. The summed E-state index contributed by atoms with van der Waals surface area (Å²) in [5, 5.41) is 9.57. The highest BCUT2D eigenvalue weighted by molar-refractivity contribution is 7.89. The van der Waals surface area contributed by atoms with Crippen LogP contribution in [0.2, 0.25) is 0 Å². The normalized spacial score (nSPS) is 11.7. The van der Waals surface area contributed by atoms with E-state index in [0.29, 0.717) is 0 Å². The molecule has 1 heterocycles. The van der Waals surface area contributed by atoms with Gasteiger partial charge in [-0.15, -0.1) is 0 Å². The highest BCUT2D eigenvalue weighted by Gasteiger charge is 2.10. The molecule has 6 heteroatoms. The first-order chi connectivity index (χ1) is 8.95. The summed E-state index contributed by atoms with van der Waals surface area (Å²) in [5.74, 6) is 0. The van der Waals surface area contributed by atoms with Crippen LogP contribution < -0.4 is 5.14 Å². The Morgan fingerprint density at radius 3 is 2.26 bits per heavy atom. The molecule has 2 N–H and O–H groups in total. The van der Waals surface area contributed by atoms with E-state index in [-0.39, 0.29) is 4.90 Å². The minimum atomic E-state index is -3.65. The van der Waals surface area contributed by atoms with Gasteiger partial charge in [0.1, 0.15) is 0 Å². The average Bonchev–Trinajstić information content (AvgIpc) is 2.81. The summed E-state index contributed by atoms with van der Waals surface area (Å²) in [4.78, 5) is 0.108. The first-order valence-electron chi connectivity index (χ1n) is 6.16. The molecule has 19 heavy (non-hydrogen) atoms. The molecule has 0 saturated carbocycles. The van der Waals surface area contributed by atoms with Gasteiger partial charge in [-0.25, -0.2) is 18.2 Å². The molecule has 0 aliphatic rings. The van der Waals surface area contributed by atoms with Gasteiger partial charge in [-0.05, 0) is 43.2 Å². The molecule has 0 saturated heterocycles. The van der Waals surface area contributed by atoms with Crippen molar-refractivity contribution in [1.29, 1.82) is 0 Å². The molecule has 0 aliphatic carbocycles. The van der Waals surface area contributed by atoms with Crippen LogP contribution >= 0.6 is 0 Å². The van der Waals surface area contributed by atoms with Crippen LogP contribution in [0.4, 0.5) is 0 Å². The lowest BCUT2D eigenvalue weighted by atomic mass is 10.2. The Hall–Kier alpha value is -1.66. The molecule has 102 valence electrons. The standard InChI is InChI=1S/C13H17N3O2S/c1-3-10-9-11(4-2)16(15-10)12-5-7-13(8-6-12)19(14,17)18/h5-9H,3-4H2,1-2H3,(H2,14,17,18). The van der Waals surface area contributed by atoms with Gasteiger partial charge in [0.25, 0.3) is 0 Å². The van der Waals surface area contributed by atoms with Crippen LogP contribution in [0.3, 0.4) is 0 Å². The second kappa shape index (κ2) is 5.14. The van der Waals surface area contributed by atoms with E-state index in [2.05, 4.69) is 25.0 Å². The van der Waals surface area contributed by atoms with Gasteiger partial charge in [-0.1, -0.05) is 13.8 Å². The monoisotopic (exact) mass is 279 g/mol. The summed E-state index contributed by atoms with van der Waals surface area (Å²) >= 11 is 0. The second-order valence-electron chi connectivity index (χ2n) is 4.28. The third-order valence-corrected chi connectivity index (χ3v) is 3.90. The molecule has 2 rings (SSSR count). The number of rotatable bonds is 4. The first-order valence-corrected chi connectivity index (χ1v) is 7.71. The molecule has 0 radical (unpaired) electrons. The molecule has 0 spiro atoms. The number of sulfonamides is 1. The smallest absolute Gasteiger partial charge is 0.238 e. The van der Waals surface area contributed by atoms with Crippen molar-refractivity contribution >= 4 is 10.0 Å². The van der Waals surface area contributed by atoms with Crippen LogP contribution in [0.1, 0.15) is 25.2 Å². The van der Waals surface area contributed by atoms with Crippen LogP contribution in [0.15, 0.2) is 35.2 Å². The Kier molecular flexibility index (Phi) is 3.73. The van der Waals surface area contributed by atoms with Crippen molar-refractivity contribution in [3.63, 3.8) is 0 Å². The number of hydrogen-bond acceptors (Lipinski definition) is 3. The Morgan fingerprint density at radius 2 is 1.79 bits per heavy atom. The number of primary sulfonamides is 1. The largest absolute Gasteiger partial charge is 0.238 e. The second-order valence-corrected chi connectivity index (χ2v) is 5.85. The SMILES string of the molecule is CCc1cc(CC)n(-c2ccc(S(N)(=O)=O)cc2)n1. The van der Waals surface area contributed by atoms with Crippen molar-refractivity contribution in [1.82, 2.24) is 9.78 Å². The van der Waals surface area contributed by atoms with Crippen LogP contribution in [0, 0.1) is 0 Å². The molecule has 1 aromatic heterocycles. The first kappa shape index (κ1) is 13.8. The third-order valence-electron chi connectivity index (χ3n) is 2.97. The maximum absolute atomic E-state index is 11.2. The van der Waals surface area contributed by atoms with Gasteiger partial charge in [-0.3, -0.25) is 0 Å². The van der Waals surface area contributed by atoms with Crippen LogP contribution in [-0.4, -0.2) is 18.2 Å². The Balaban J connectivity index is 2.45. The van der Waals surface area contributed by atoms with Gasteiger partial charge in [0.05, 0.1) is 16.3 Å². The summed E-state index contributed by atoms with van der Waals surface area (Å²) in [6.07, 6.45) is 1.74. The van der Waals surface area contributed by atoms with E-state index in [9.17, 15) is 8.42 Å². The van der Waals surface area contributed by atoms with E-state index in [1.165, 1.54) is 12.1 Å². The molecule has 2 aromatic rings. The third kappa shape index (κ3) is 2.85. The minimum Gasteiger partial charge on any atom is -0.238 e. The van der Waals surface area contributed by atoms with Gasteiger partial charge >= 0.3 is 0 Å². The van der Waals surface area contributed by atoms with Gasteiger partial charge < -0.3 is 0 Å². The van der Waals surface area contributed by atoms with Gasteiger partial charge in [0.15, 0.2) is 0 Å². The Labute approximate surface area is 113 Å². The number of benzene rings is 1. The summed E-state index contributed by atoms with van der Waals surface area (Å²) in [7, 11) is -3.65. The summed E-state index contributed by atoms with van der Waals surface area (Å²) < 4.78 is 24.3. The summed E-state index contributed by atoms with van der Waals surface area (Å²) in [6.45, 7) is 4.11. The highest BCUT2D eigenvalue weighted by atomic mass is 32.2. The maximum atomic E-state index is 11.2. The lowest BCUT2D eigenvalue weighted by Crippen LogP contribution is -2.12. The fourth-order valence-electron chi connectivity index (χ4n) is 1.90. The topological polar surface area (TPSA) is 78.0 Å². The minimum absolute atomic E-state index is 0.108. The average molecular weight is 279 g/mol. The number of aromatic nitrogens is 2. The molecular weight excluding hydrogens is 262 g/mol. The zero-order valence-corrected chi connectivity index (χ0v) is 11.8. The van der Waals surface area contributed by atoms with Crippen molar-refractivity contribution < 1.29 is 8.42 Å². The van der Waals surface area contributed by atoms with Crippen molar-refractivity contribution in [2.24, 2.45) is 5.14 Å². The molecule has 0 aliphatic heterocycles. The molecule has 0 amide bonds. The molecule has 1 aromatic carbocycles. The van der Waals surface area contributed by atoms with E-state index >= 15 is 0 Å². The number of aryl methyl sites for hydroxylation is 2. The van der Waals surface area contributed by atoms with Crippen LogP contribution in [0.5, 0.6) is 0 Å². The Morgan fingerprint density at radius 1 is 1.16 bits per heavy atom. The van der Waals surface area contributed by atoms with Crippen LogP contribution in [0.25, 0.3) is 5.69 Å². The van der Waals surface area contributed by atoms with Gasteiger partial charge in [0, 0.05) is 5.69 Å². The molecule has 0 fully saturated rings. The van der Waals surface area contributed by atoms with E-state index in [1.54, 1.807) is 12.1 Å². The van der Waals surface area contributed by atoms with E-state index in [0.717, 1.165) is 29.9 Å². The van der Waals surface area contributed by atoms with Crippen LogP contribution in [-0.2, 0) is 22.9 Å². The van der Waals surface area contributed by atoms with Crippen molar-refractivity contribution in [2.45, 2.75) is 31.6 Å². The highest BCUT2D eigenvalue weighted by Crippen LogP contribution is 2.16. The van der Waals surface area contributed by atoms with Gasteiger partial charge in [0.2, 0.25) is 10.0 Å². The zero-order chi connectivity index (χ0) is 14.0. The van der Waals surface area contributed by atoms with Crippen molar-refractivity contribution in [3.8, 4) is 5.69 Å². The fourth-order valence-corrected chi connectivity index (χ4v) is 2.42. The predicted molar refractivity (Wildman–Crippen MR) is 73.7 cm³/mol. The summed E-state index contributed by atoms with van der Waals surface area (Å²) in [6, 6.07) is 8.49. The molecule has 0 bridgehead atoms. The number of nitrogens with two attached hydrogens (primary N) is 1. The van der Waals surface area contributed by atoms with Crippen molar-refractivity contribution in [3.05, 3.63) is 41.7 Å². The quantitative estimate of drug-likeness (QED) is 0.924. The molecule has 0 atom stereocenters. The molecule has 0 unspecified atom stereocenters. The predicted octanol–water partition coefficient (Wildman–Crippen LogP) is 1.64. The molecule has 5 nitrogen and oxygen atoms in total. The van der Waals surface area contributed by atoms with E-state index in [4.69, 9.17) is 5.14 Å². The van der Waals surface area contributed by atoms with Crippen molar-refractivity contribution in [2.75, 3.05) is 0 Å². The van der Waals surface area contributed by atoms with E-state index < -0.39 is 10.0 Å². The number of hydrogen-bond donors (Lipinski definition) is 1.